The Kier molecular flexibility index (Phi) is 6.87. The van der Waals surface area contributed by atoms with Crippen molar-refractivity contribution in [2.75, 3.05) is 22.4 Å². The molecule has 0 aliphatic carbocycles. The fourth-order valence-corrected chi connectivity index (χ4v) is 4.09. The third kappa shape index (κ3) is 5.66. The van der Waals surface area contributed by atoms with E-state index in [1.54, 1.807) is 36.4 Å². The quantitative estimate of drug-likeness (QED) is 0.521. The number of ether oxygens (including phenoxy) is 1. The van der Waals surface area contributed by atoms with Gasteiger partial charge in [-0.25, -0.2) is 8.42 Å². The fraction of sp³-hybridized carbons (Fsp3) is 0.0952. The first-order valence-corrected chi connectivity index (χ1v) is 11.4. The Balaban J connectivity index is 1.81. The monoisotopic (exact) mass is 464 g/mol. The molecule has 3 aromatic rings. The summed E-state index contributed by atoms with van der Waals surface area (Å²) in [5, 5.41) is 3.17. The zero-order chi connectivity index (χ0) is 21.7. The zero-order valence-corrected chi connectivity index (χ0v) is 18.2. The smallest absolute Gasteiger partial charge is 0.245 e. The van der Waals surface area contributed by atoms with Crippen LogP contribution in [0, 0.1) is 0 Å². The number of carbonyl (C=O) groups is 1. The summed E-state index contributed by atoms with van der Waals surface area (Å²) in [6, 6.07) is 20.3. The van der Waals surface area contributed by atoms with E-state index in [1.165, 1.54) is 18.2 Å². The second-order valence-electron chi connectivity index (χ2n) is 6.32. The minimum atomic E-state index is -3.79. The molecule has 0 fully saturated rings. The molecule has 0 atom stereocenters. The predicted molar refractivity (Wildman–Crippen MR) is 120 cm³/mol. The summed E-state index contributed by atoms with van der Waals surface area (Å²) in [7, 11) is -3.79. The SMILES string of the molecule is CS(=O)(=O)N(CC(=O)Nc1ccccc1Oc1ccccc1)c1ccc(Cl)cc1Cl. The van der Waals surface area contributed by atoms with Gasteiger partial charge in [-0.3, -0.25) is 9.10 Å². The van der Waals surface area contributed by atoms with E-state index in [9.17, 15) is 13.2 Å². The van der Waals surface area contributed by atoms with E-state index in [4.69, 9.17) is 27.9 Å². The summed E-state index contributed by atoms with van der Waals surface area (Å²) >= 11 is 12.0. The van der Waals surface area contributed by atoms with E-state index in [1.807, 2.05) is 18.2 Å². The van der Waals surface area contributed by atoms with E-state index < -0.39 is 22.5 Å². The number of sulfonamides is 1. The third-order valence-corrected chi connectivity index (χ3v) is 5.66. The summed E-state index contributed by atoms with van der Waals surface area (Å²) < 4.78 is 31.3. The average molecular weight is 465 g/mol. The van der Waals surface area contributed by atoms with Gasteiger partial charge in [0.1, 0.15) is 12.3 Å². The summed E-state index contributed by atoms with van der Waals surface area (Å²) in [4.78, 5) is 12.7. The van der Waals surface area contributed by atoms with Gasteiger partial charge in [-0.2, -0.15) is 0 Å². The number of halogens is 2. The highest BCUT2D eigenvalue weighted by Crippen LogP contribution is 2.31. The van der Waals surface area contributed by atoms with E-state index in [2.05, 4.69) is 5.32 Å². The van der Waals surface area contributed by atoms with Crippen molar-refractivity contribution in [2.45, 2.75) is 0 Å². The molecule has 0 radical (unpaired) electrons. The number of amides is 1. The Morgan fingerprint density at radius 2 is 1.67 bits per heavy atom. The molecular weight excluding hydrogens is 447 g/mol. The van der Waals surface area contributed by atoms with Gasteiger partial charge in [0.15, 0.2) is 5.75 Å². The molecule has 0 bridgehead atoms. The minimum absolute atomic E-state index is 0.119. The molecule has 30 heavy (non-hydrogen) atoms. The second kappa shape index (κ2) is 9.38. The first kappa shape index (κ1) is 22.0. The van der Waals surface area contributed by atoms with Gasteiger partial charge in [0.25, 0.3) is 0 Å². The maximum atomic E-state index is 12.7. The van der Waals surface area contributed by atoms with E-state index >= 15 is 0 Å². The van der Waals surface area contributed by atoms with E-state index in [0.717, 1.165) is 10.6 Å². The molecule has 3 rings (SSSR count). The molecule has 0 saturated carbocycles. The Labute approximate surface area is 185 Å². The molecule has 0 aliphatic heterocycles. The number of carbonyl (C=O) groups excluding carboxylic acids is 1. The Hall–Kier alpha value is -2.74. The molecule has 6 nitrogen and oxygen atoms in total. The van der Waals surface area contributed by atoms with Crippen molar-refractivity contribution in [1.82, 2.24) is 0 Å². The lowest BCUT2D eigenvalue weighted by atomic mass is 10.2. The van der Waals surface area contributed by atoms with Crippen LogP contribution >= 0.6 is 23.2 Å². The standard InChI is InChI=1S/C21H18Cl2N2O4S/c1-30(27,28)25(19-12-11-15(22)13-17(19)23)14-21(26)24-18-9-5-6-10-20(18)29-16-7-3-2-4-8-16/h2-13H,14H2,1H3,(H,24,26). The number of hydrogen-bond donors (Lipinski definition) is 1. The van der Waals surface area contributed by atoms with Crippen LogP contribution in [-0.4, -0.2) is 27.1 Å². The molecule has 3 aromatic carbocycles. The van der Waals surface area contributed by atoms with Crippen molar-refractivity contribution in [2.24, 2.45) is 0 Å². The molecule has 0 spiro atoms. The van der Waals surface area contributed by atoms with Crippen molar-refractivity contribution in [3.8, 4) is 11.5 Å². The highest BCUT2D eigenvalue weighted by atomic mass is 35.5. The Morgan fingerprint density at radius 3 is 2.33 bits per heavy atom. The van der Waals surface area contributed by atoms with Crippen molar-refractivity contribution < 1.29 is 17.9 Å². The largest absolute Gasteiger partial charge is 0.455 e. The van der Waals surface area contributed by atoms with Gasteiger partial charge in [-0.1, -0.05) is 53.5 Å². The Morgan fingerprint density at radius 1 is 1.00 bits per heavy atom. The van der Waals surface area contributed by atoms with Crippen LogP contribution in [0.5, 0.6) is 11.5 Å². The number of nitrogens with zero attached hydrogens (tertiary/aromatic N) is 1. The second-order valence-corrected chi connectivity index (χ2v) is 9.08. The van der Waals surface area contributed by atoms with Crippen LogP contribution in [0.4, 0.5) is 11.4 Å². The molecule has 9 heteroatoms. The lowest BCUT2D eigenvalue weighted by Gasteiger charge is -2.23. The van der Waals surface area contributed by atoms with Crippen molar-refractivity contribution in [3.05, 3.63) is 82.8 Å². The van der Waals surface area contributed by atoms with Crippen LogP contribution in [0.25, 0.3) is 0 Å². The van der Waals surface area contributed by atoms with Crippen LogP contribution in [0.1, 0.15) is 0 Å². The molecule has 1 amide bonds. The minimum Gasteiger partial charge on any atom is -0.455 e. The fourth-order valence-electron chi connectivity index (χ4n) is 2.66. The lowest BCUT2D eigenvalue weighted by molar-refractivity contribution is -0.114. The van der Waals surface area contributed by atoms with Crippen molar-refractivity contribution in [1.29, 1.82) is 0 Å². The van der Waals surface area contributed by atoms with E-state index in [0.29, 0.717) is 22.2 Å². The number of nitrogens with one attached hydrogen (secondary N) is 1. The number of para-hydroxylation sites is 3. The molecular formula is C21H18Cl2N2O4S. The first-order chi connectivity index (χ1) is 14.2. The van der Waals surface area contributed by atoms with Gasteiger partial charge in [0.2, 0.25) is 15.9 Å². The third-order valence-electron chi connectivity index (χ3n) is 4.00. The number of hydrogen-bond acceptors (Lipinski definition) is 4. The summed E-state index contributed by atoms with van der Waals surface area (Å²) in [5.74, 6) is 0.466. The first-order valence-electron chi connectivity index (χ1n) is 8.78. The van der Waals surface area contributed by atoms with E-state index in [-0.39, 0.29) is 10.7 Å². The molecule has 0 aromatic heterocycles. The molecule has 0 unspecified atom stereocenters. The molecule has 156 valence electrons. The van der Waals surface area contributed by atoms with Crippen LogP contribution in [0.15, 0.2) is 72.8 Å². The van der Waals surface area contributed by atoms with Gasteiger partial charge in [-0.15, -0.1) is 0 Å². The Bertz CT molecular complexity index is 1150. The van der Waals surface area contributed by atoms with Crippen LogP contribution in [0.3, 0.4) is 0 Å². The summed E-state index contributed by atoms with van der Waals surface area (Å²) in [6.07, 6.45) is 0.998. The topological polar surface area (TPSA) is 75.7 Å². The zero-order valence-electron chi connectivity index (χ0n) is 15.9. The van der Waals surface area contributed by atoms with Gasteiger partial charge in [-0.05, 0) is 42.5 Å². The van der Waals surface area contributed by atoms with Gasteiger partial charge >= 0.3 is 0 Å². The molecule has 0 heterocycles. The summed E-state index contributed by atoms with van der Waals surface area (Å²) in [5.41, 5.74) is 0.564. The molecule has 0 saturated heterocycles. The lowest BCUT2D eigenvalue weighted by Crippen LogP contribution is -2.37. The van der Waals surface area contributed by atoms with Gasteiger partial charge in [0.05, 0.1) is 22.7 Å². The van der Waals surface area contributed by atoms with Gasteiger partial charge in [0, 0.05) is 5.02 Å². The predicted octanol–water partition coefficient (Wildman–Crippen LogP) is 5.19. The number of anilines is 2. The van der Waals surface area contributed by atoms with Gasteiger partial charge < -0.3 is 10.1 Å². The molecule has 1 N–H and O–H groups in total. The van der Waals surface area contributed by atoms with Crippen molar-refractivity contribution in [3.63, 3.8) is 0 Å². The van der Waals surface area contributed by atoms with Crippen LogP contribution in [0.2, 0.25) is 10.0 Å². The van der Waals surface area contributed by atoms with Crippen LogP contribution < -0.4 is 14.4 Å². The average Bonchev–Trinajstić information content (AvgIpc) is 2.68. The maximum absolute atomic E-state index is 12.7. The maximum Gasteiger partial charge on any atom is 0.245 e. The number of rotatable bonds is 7. The van der Waals surface area contributed by atoms with Crippen molar-refractivity contribution >= 4 is 50.5 Å². The van der Waals surface area contributed by atoms with Crippen LogP contribution in [-0.2, 0) is 14.8 Å². The normalized spacial score (nSPS) is 11.0. The summed E-state index contributed by atoms with van der Waals surface area (Å²) in [6.45, 7) is -0.472. The highest BCUT2D eigenvalue weighted by Gasteiger charge is 2.23. The number of benzene rings is 3. The highest BCUT2D eigenvalue weighted by molar-refractivity contribution is 7.92. The molecule has 0 aliphatic rings.